The van der Waals surface area contributed by atoms with Crippen molar-refractivity contribution in [2.75, 3.05) is 19.8 Å². The van der Waals surface area contributed by atoms with Crippen LogP contribution >= 0.6 is 23.2 Å². The molecule has 0 bridgehead atoms. The van der Waals surface area contributed by atoms with Gasteiger partial charge in [0.25, 0.3) is 0 Å². The summed E-state index contributed by atoms with van der Waals surface area (Å²) in [6.45, 7) is 9.33. The molecule has 0 spiro atoms. The summed E-state index contributed by atoms with van der Waals surface area (Å²) in [7, 11) is 0. The van der Waals surface area contributed by atoms with Crippen molar-refractivity contribution >= 4 is 29.0 Å². The summed E-state index contributed by atoms with van der Waals surface area (Å²) in [6, 6.07) is 9.41. The van der Waals surface area contributed by atoms with Crippen LogP contribution < -0.4 is 5.32 Å². The highest BCUT2D eigenvalue weighted by atomic mass is 35.5. The maximum Gasteiger partial charge on any atom is 0.163 e. The Hall–Kier alpha value is -2.38. The van der Waals surface area contributed by atoms with Crippen LogP contribution in [0.1, 0.15) is 76.8 Å². The van der Waals surface area contributed by atoms with E-state index >= 15 is 8.78 Å². The van der Waals surface area contributed by atoms with Crippen molar-refractivity contribution in [2.24, 2.45) is 5.41 Å². The van der Waals surface area contributed by atoms with Crippen LogP contribution in [-0.4, -0.2) is 49.6 Å². The van der Waals surface area contributed by atoms with Gasteiger partial charge in [-0.05, 0) is 68.7 Å². The van der Waals surface area contributed by atoms with Gasteiger partial charge in [0.15, 0.2) is 5.79 Å². The monoisotopic (exact) mass is 660 g/mol. The van der Waals surface area contributed by atoms with Crippen LogP contribution in [0.5, 0.6) is 0 Å². The molecule has 6 nitrogen and oxygen atoms in total. The van der Waals surface area contributed by atoms with Crippen LogP contribution in [0.15, 0.2) is 48.0 Å². The zero-order valence-electron chi connectivity index (χ0n) is 26.1. The standard InChI is InChI=1S/C35H40Cl2F2N2O4/c1-33(2,21-13-15-43-16-14-21)18-29-35(20-40,25-12-11-22(36)17-27(25)38)30(24-8-6-9-26(37)31(24)39)32(41-29)28(42)10-5-7-23-19-44-34(3,4)45-23/h6,8-9,11-13,17,23,29-30,32,41H,5,7,10,14-16,18-19H2,1-4H3/t23-,29-,30-,32-,35-/m0/s1. The third-order valence-electron chi connectivity index (χ3n) is 9.54. The first-order valence-electron chi connectivity index (χ1n) is 15.5. The number of ketones is 1. The maximum atomic E-state index is 16.0. The van der Waals surface area contributed by atoms with E-state index in [9.17, 15) is 10.1 Å². The number of hydrogen-bond donors (Lipinski definition) is 1. The second-order valence-electron chi connectivity index (χ2n) is 13.4. The summed E-state index contributed by atoms with van der Waals surface area (Å²) in [6.07, 6.45) is 4.24. The van der Waals surface area contributed by atoms with Crippen molar-refractivity contribution in [1.29, 1.82) is 5.26 Å². The highest BCUT2D eigenvalue weighted by molar-refractivity contribution is 6.31. The van der Waals surface area contributed by atoms with Gasteiger partial charge in [-0.15, -0.1) is 0 Å². The van der Waals surface area contributed by atoms with E-state index in [-0.39, 0.29) is 39.5 Å². The molecule has 2 fully saturated rings. The highest BCUT2D eigenvalue weighted by Gasteiger charge is 2.61. The molecule has 3 aliphatic heterocycles. The number of benzene rings is 2. The molecule has 1 N–H and O–H groups in total. The van der Waals surface area contributed by atoms with Gasteiger partial charge in [0.1, 0.15) is 22.8 Å². The molecule has 5 atom stereocenters. The minimum atomic E-state index is -1.68. The van der Waals surface area contributed by atoms with E-state index < -0.39 is 46.3 Å². The predicted molar refractivity (Wildman–Crippen MR) is 169 cm³/mol. The first-order chi connectivity index (χ1) is 21.3. The lowest BCUT2D eigenvalue weighted by Crippen LogP contribution is -2.45. The van der Waals surface area contributed by atoms with Crippen LogP contribution in [0.25, 0.3) is 0 Å². The van der Waals surface area contributed by atoms with Crippen molar-refractivity contribution in [3.63, 3.8) is 0 Å². The van der Waals surface area contributed by atoms with E-state index in [0.29, 0.717) is 45.5 Å². The summed E-state index contributed by atoms with van der Waals surface area (Å²) in [5.74, 6) is -3.38. The first kappa shape index (κ1) is 34.0. The summed E-state index contributed by atoms with van der Waals surface area (Å²) in [4.78, 5) is 14.2. The van der Waals surface area contributed by atoms with Crippen LogP contribution in [0.4, 0.5) is 8.78 Å². The Bertz CT molecular complexity index is 1510. The van der Waals surface area contributed by atoms with Gasteiger partial charge in [-0.25, -0.2) is 8.78 Å². The predicted octanol–water partition coefficient (Wildman–Crippen LogP) is 7.81. The number of Topliss-reactive ketones (excluding diaryl/α,β-unsaturated/α-hetero) is 1. The number of carbonyl (C=O) groups is 1. The molecular weight excluding hydrogens is 621 g/mol. The van der Waals surface area contributed by atoms with Gasteiger partial charge in [-0.3, -0.25) is 4.79 Å². The number of halogens is 4. The lowest BCUT2D eigenvalue weighted by atomic mass is 9.61. The Morgan fingerprint density at radius 1 is 1.20 bits per heavy atom. The molecular formula is C35H40Cl2F2N2O4. The minimum Gasteiger partial charge on any atom is -0.377 e. The molecule has 0 saturated carbocycles. The summed E-state index contributed by atoms with van der Waals surface area (Å²) in [5.41, 5.74) is -0.836. The number of nitrogens with zero attached hydrogens (tertiary/aromatic N) is 1. The second-order valence-corrected chi connectivity index (χ2v) is 14.2. The van der Waals surface area contributed by atoms with Crippen molar-refractivity contribution in [3.8, 4) is 6.07 Å². The van der Waals surface area contributed by atoms with E-state index in [1.54, 1.807) is 6.07 Å². The third kappa shape index (κ3) is 6.86. The number of rotatable bonds is 10. The van der Waals surface area contributed by atoms with E-state index in [1.165, 1.54) is 24.3 Å². The molecule has 0 unspecified atom stereocenters. The van der Waals surface area contributed by atoms with Gasteiger partial charge in [-0.1, -0.05) is 66.9 Å². The van der Waals surface area contributed by atoms with Crippen molar-refractivity contribution in [2.45, 2.75) is 95.1 Å². The van der Waals surface area contributed by atoms with Crippen molar-refractivity contribution in [1.82, 2.24) is 5.32 Å². The zero-order valence-corrected chi connectivity index (χ0v) is 27.6. The fraction of sp³-hybridized carbons (Fsp3) is 0.543. The van der Waals surface area contributed by atoms with Gasteiger partial charge in [0.2, 0.25) is 0 Å². The molecule has 2 saturated heterocycles. The maximum absolute atomic E-state index is 16.0. The Kier molecular flexibility index (Phi) is 10.1. The van der Waals surface area contributed by atoms with E-state index in [2.05, 4.69) is 25.2 Å². The van der Waals surface area contributed by atoms with Crippen LogP contribution in [0.3, 0.4) is 0 Å². The zero-order chi connectivity index (χ0) is 32.6. The molecule has 2 aromatic rings. The molecule has 0 amide bonds. The van der Waals surface area contributed by atoms with E-state index in [0.717, 1.165) is 11.6 Å². The van der Waals surface area contributed by atoms with Crippen LogP contribution in [-0.2, 0) is 24.4 Å². The number of nitriles is 1. The number of ether oxygens (including phenoxy) is 3. The SMILES string of the molecule is CC1(C)OC[C@H](CCCC(=O)[C@@H]2N[C@@H](CC(C)(C)C3=CCOCC3)[C@](C#N)(c3ccc(Cl)cc3F)[C@H]2c2cccc(Cl)c2F)O1. The smallest absolute Gasteiger partial charge is 0.163 e. The lowest BCUT2D eigenvalue weighted by Gasteiger charge is -2.40. The van der Waals surface area contributed by atoms with Gasteiger partial charge in [0, 0.05) is 29.0 Å². The molecule has 10 heteroatoms. The number of nitrogens with one attached hydrogen (secondary N) is 1. The molecule has 0 radical (unpaired) electrons. The highest BCUT2D eigenvalue weighted by Crippen LogP contribution is 2.54. The molecule has 0 aromatic heterocycles. The summed E-state index contributed by atoms with van der Waals surface area (Å²) in [5, 5.41) is 14.7. The Morgan fingerprint density at radius 3 is 2.62 bits per heavy atom. The average Bonchev–Trinajstić information content (AvgIpc) is 3.51. The fourth-order valence-corrected chi connectivity index (χ4v) is 7.68. The molecule has 3 aliphatic rings. The van der Waals surface area contributed by atoms with E-state index in [1.807, 2.05) is 19.9 Å². The van der Waals surface area contributed by atoms with Crippen LogP contribution in [0.2, 0.25) is 10.0 Å². The van der Waals surface area contributed by atoms with E-state index in [4.69, 9.17) is 37.4 Å². The second kappa shape index (κ2) is 13.4. The largest absolute Gasteiger partial charge is 0.377 e. The lowest BCUT2D eigenvalue weighted by molar-refractivity contribution is -0.139. The minimum absolute atomic E-state index is 0.0575. The number of carbonyl (C=O) groups excluding carboxylic acids is 1. The normalized spacial score (nSPS) is 28.1. The first-order valence-corrected chi connectivity index (χ1v) is 16.2. The molecule has 5 rings (SSSR count). The fourth-order valence-electron chi connectivity index (χ4n) is 7.34. The molecule has 0 aliphatic carbocycles. The van der Waals surface area contributed by atoms with Crippen molar-refractivity contribution < 1.29 is 27.8 Å². The quantitative estimate of drug-likeness (QED) is 0.262. The average molecular weight is 662 g/mol. The summed E-state index contributed by atoms with van der Waals surface area (Å²) < 4.78 is 49.1. The van der Waals surface area contributed by atoms with Crippen molar-refractivity contribution in [3.05, 3.63) is 80.9 Å². The van der Waals surface area contributed by atoms with Gasteiger partial charge < -0.3 is 19.5 Å². The molecule has 45 heavy (non-hydrogen) atoms. The van der Waals surface area contributed by atoms with Crippen LogP contribution in [0, 0.1) is 28.4 Å². The Balaban J connectivity index is 1.59. The molecule has 2 aromatic carbocycles. The Labute approximate surface area is 274 Å². The van der Waals surface area contributed by atoms with Gasteiger partial charge in [0.05, 0.1) is 43.1 Å². The van der Waals surface area contributed by atoms with Gasteiger partial charge in [-0.2, -0.15) is 5.26 Å². The summed E-state index contributed by atoms with van der Waals surface area (Å²) >= 11 is 12.4. The molecule has 3 heterocycles. The number of hydrogen-bond acceptors (Lipinski definition) is 6. The van der Waals surface area contributed by atoms with Gasteiger partial charge >= 0.3 is 0 Å². The Morgan fingerprint density at radius 2 is 1.98 bits per heavy atom. The third-order valence-corrected chi connectivity index (χ3v) is 10.1. The topological polar surface area (TPSA) is 80.6 Å². The molecule has 242 valence electrons.